The van der Waals surface area contributed by atoms with Crippen molar-refractivity contribution in [3.05, 3.63) is 0 Å². The first kappa shape index (κ1) is 16.5. The largest absolute Gasteiger partial charge is 0.458 e. The molecule has 7 nitrogen and oxygen atoms in total. The summed E-state index contributed by atoms with van der Waals surface area (Å²) in [7, 11) is 0. The first-order valence-electron chi connectivity index (χ1n) is 5.51. The summed E-state index contributed by atoms with van der Waals surface area (Å²) >= 11 is 0. The summed E-state index contributed by atoms with van der Waals surface area (Å²) in [4.78, 5) is 32.4. The molecule has 7 heteroatoms. The number of esters is 1. The normalized spacial score (nSPS) is 12.7. The number of aliphatic hydroxyl groups is 2. The summed E-state index contributed by atoms with van der Waals surface area (Å²) in [5.41, 5.74) is -0.956. The fourth-order valence-corrected chi connectivity index (χ4v) is 1.02. The van der Waals surface area contributed by atoms with Crippen LogP contribution in [0.4, 0.5) is 0 Å². The first-order chi connectivity index (χ1) is 8.35. The van der Waals surface area contributed by atoms with Crippen LogP contribution in [0.3, 0.4) is 0 Å². The standard InChI is InChI=1S/C11H19NO6/c1-11(2,7-14)9(16)10(17)12-4-3-8(15)18-6-5-13/h5,9,14,16H,3-4,6-7H2,1-2H3,(H,12,17)/t9-/m0/s1. The molecule has 0 saturated carbocycles. The smallest absolute Gasteiger partial charge is 0.308 e. The molecule has 1 atom stereocenters. The van der Waals surface area contributed by atoms with Crippen molar-refractivity contribution >= 4 is 18.2 Å². The van der Waals surface area contributed by atoms with Crippen LogP contribution in [0.1, 0.15) is 20.3 Å². The molecule has 0 aromatic rings. The van der Waals surface area contributed by atoms with E-state index >= 15 is 0 Å². The highest BCUT2D eigenvalue weighted by molar-refractivity contribution is 5.82. The third kappa shape index (κ3) is 5.74. The summed E-state index contributed by atoms with van der Waals surface area (Å²) < 4.78 is 4.46. The zero-order valence-corrected chi connectivity index (χ0v) is 10.5. The third-order valence-electron chi connectivity index (χ3n) is 2.34. The molecule has 0 unspecified atom stereocenters. The fourth-order valence-electron chi connectivity index (χ4n) is 1.02. The van der Waals surface area contributed by atoms with Crippen LogP contribution in [-0.2, 0) is 19.1 Å². The van der Waals surface area contributed by atoms with Crippen molar-refractivity contribution in [3.63, 3.8) is 0 Å². The number of nitrogens with one attached hydrogen (secondary N) is 1. The van der Waals surface area contributed by atoms with Crippen LogP contribution in [0.15, 0.2) is 0 Å². The Hall–Kier alpha value is -1.47. The molecule has 0 aromatic carbocycles. The van der Waals surface area contributed by atoms with E-state index in [-0.39, 0.29) is 26.2 Å². The van der Waals surface area contributed by atoms with Gasteiger partial charge in [-0.15, -0.1) is 0 Å². The van der Waals surface area contributed by atoms with Crippen LogP contribution in [0.25, 0.3) is 0 Å². The van der Waals surface area contributed by atoms with Crippen molar-refractivity contribution < 1.29 is 29.3 Å². The molecular formula is C11H19NO6. The molecule has 0 rings (SSSR count). The number of ether oxygens (including phenoxy) is 1. The quantitative estimate of drug-likeness (QED) is 0.366. The summed E-state index contributed by atoms with van der Waals surface area (Å²) in [6, 6.07) is 0. The van der Waals surface area contributed by atoms with Crippen LogP contribution in [-0.4, -0.2) is 54.2 Å². The van der Waals surface area contributed by atoms with Gasteiger partial charge in [-0.2, -0.15) is 0 Å². The lowest BCUT2D eigenvalue weighted by Gasteiger charge is -2.27. The van der Waals surface area contributed by atoms with Gasteiger partial charge in [-0.3, -0.25) is 14.4 Å². The van der Waals surface area contributed by atoms with Crippen molar-refractivity contribution in [3.8, 4) is 0 Å². The highest BCUT2D eigenvalue weighted by Crippen LogP contribution is 2.19. The van der Waals surface area contributed by atoms with Gasteiger partial charge in [0.2, 0.25) is 5.91 Å². The van der Waals surface area contributed by atoms with Gasteiger partial charge in [0.05, 0.1) is 13.0 Å². The maximum absolute atomic E-state index is 11.5. The van der Waals surface area contributed by atoms with E-state index in [1.807, 2.05) is 0 Å². The zero-order chi connectivity index (χ0) is 14.2. The van der Waals surface area contributed by atoms with Crippen LogP contribution in [0.5, 0.6) is 0 Å². The summed E-state index contributed by atoms with van der Waals surface area (Å²) in [5, 5.41) is 20.9. The van der Waals surface area contributed by atoms with Crippen LogP contribution >= 0.6 is 0 Å². The number of carbonyl (C=O) groups is 3. The highest BCUT2D eigenvalue weighted by Gasteiger charge is 2.32. The minimum atomic E-state index is -1.37. The molecule has 0 spiro atoms. The van der Waals surface area contributed by atoms with Crippen molar-refractivity contribution in [2.45, 2.75) is 26.4 Å². The third-order valence-corrected chi connectivity index (χ3v) is 2.34. The number of hydrogen-bond donors (Lipinski definition) is 3. The van der Waals surface area contributed by atoms with Gasteiger partial charge in [0.15, 0.2) is 6.29 Å². The Morgan fingerprint density at radius 2 is 2.06 bits per heavy atom. The number of amides is 1. The molecule has 3 N–H and O–H groups in total. The van der Waals surface area contributed by atoms with Crippen LogP contribution < -0.4 is 5.32 Å². The molecule has 0 aliphatic rings. The van der Waals surface area contributed by atoms with Crippen molar-refractivity contribution in [1.29, 1.82) is 0 Å². The van der Waals surface area contributed by atoms with Gasteiger partial charge in [0.1, 0.15) is 12.7 Å². The summed E-state index contributed by atoms with van der Waals surface area (Å²) in [6.45, 7) is 2.41. The van der Waals surface area contributed by atoms with Crippen molar-refractivity contribution in [2.24, 2.45) is 5.41 Å². The summed E-state index contributed by atoms with van der Waals surface area (Å²) in [5.74, 6) is -1.28. The van der Waals surface area contributed by atoms with E-state index in [1.165, 1.54) is 13.8 Å². The van der Waals surface area contributed by atoms with Gasteiger partial charge < -0.3 is 20.3 Å². The van der Waals surface area contributed by atoms with E-state index in [0.717, 1.165) is 0 Å². The molecule has 0 fully saturated rings. The predicted octanol–water partition coefficient (Wildman–Crippen LogP) is -1.39. The van der Waals surface area contributed by atoms with Crippen molar-refractivity contribution in [1.82, 2.24) is 5.32 Å². The Morgan fingerprint density at radius 1 is 1.44 bits per heavy atom. The number of aliphatic hydroxyl groups excluding tert-OH is 2. The Kier molecular flexibility index (Phi) is 7.14. The summed E-state index contributed by atoms with van der Waals surface area (Å²) in [6.07, 6.45) is -1.01. The van der Waals surface area contributed by atoms with Gasteiger partial charge in [-0.1, -0.05) is 13.8 Å². The molecule has 0 heterocycles. The molecule has 0 aliphatic heterocycles. The highest BCUT2D eigenvalue weighted by atomic mass is 16.5. The average Bonchev–Trinajstić information content (AvgIpc) is 2.35. The fraction of sp³-hybridized carbons (Fsp3) is 0.727. The maximum atomic E-state index is 11.5. The van der Waals surface area contributed by atoms with E-state index in [1.54, 1.807) is 0 Å². The average molecular weight is 261 g/mol. The Morgan fingerprint density at radius 3 is 2.56 bits per heavy atom. The molecule has 18 heavy (non-hydrogen) atoms. The monoisotopic (exact) mass is 261 g/mol. The topological polar surface area (TPSA) is 113 Å². The predicted molar refractivity (Wildman–Crippen MR) is 61.5 cm³/mol. The van der Waals surface area contributed by atoms with Gasteiger partial charge >= 0.3 is 5.97 Å². The van der Waals surface area contributed by atoms with Crippen LogP contribution in [0.2, 0.25) is 0 Å². The van der Waals surface area contributed by atoms with E-state index in [4.69, 9.17) is 5.11 Å². The van der Waals surface area contributed by atoms with Crippen LogP contribution in [0, 0.1) is 5.41 Å². The SMILES string of the molecule is CC(C)(CO)[C@@H](O)C(=O)NCCC(=O)OCC=O. The minimum absolute atomic E-state index is 0.00487. The lowest BCUT2D eigenvalue weighted by Crippen LogP contribution is -2.46. The molecule has 0 aliphatic carbocycles. The maximum Gasteiger partial charge on any atom is 0.308 e. The zero-order valence-electron chi connectivity index (χ0n) is 10.5. The lowest BCUT2D eigenvalue weighted by atomic mass is 9.87. The van der Waals surface area contributed by atoms with Gasteiger partial charge in [-0.05, 0) is 0 Å². The van der Waals surface area contributed by atoms with Crippen molar-refractivity contribution in [2.75, 3.05) is 19.8 Å². The number of rotatable bonds is 8. The molecule has 0 radical (unpaired) electrons. The Bertz CT molecular complexity index is 302. The minimum Gasteiger partial charge on any atom is -0.458 e. The molecule has 0 bridgehead atoms. The van der Waals surface area contributed by atoms with E-state index in [0.29, 0.717) is 6.29 Å². The second-order valence-electron chi connectivity index (χ2n) is 4.44. The van der Waals surface area contributed by atoms with E-state index < -0.39 is 23.4 Å². The Labute approximate surface area is 105 Å². The van der Waals surface area contributed by atoms with E-state index in [2.05, 4.69) is 10.1 Å². The van der Waals surface area contributed by atoms with Gasteiger partial charge in [0.25, 0.3) is 0 Å². The molecule has 104 valence electrons. The van der Waals surface area contributed by atoms with Gasteiger partial charge in [0, 0.05) is 12.0 Å². The second kappa shape index (κ2) is 7.78. The number of aldehydes is 1. The molecule has 0 aromatic heterocycles. The molecular weight excluding hydrogens is 242 g/mol. The number of carbonyl (C=O) groups excluding carboxylic acids is 3. The van der Waals surface area contributed by atoms with Gasteiger partial charge in [-0.25, -0.2) is 0 Å². The Balaban J connectivity index is 3.97. The lowest BCUT2D eigenvalue weighted by molar-refractivity contribution is -0.145. The second-order valence-corrected chi connectivity index (χ2v) is 4.44. The van der Waals surface area contributed by atoms with E-state index in [9.17, 15) is 19.5 Å². The first-order valence-corrected chi connectivity index (χ1v) is 5.51. The molecule has 0 saturated heterocycles. The number of hydrogen-bond acceptors (Lipinski definition) is 6. The molecule has 1 amide bonds.